The molecule has 4 bridgehead atoms. The summed E-state index contributed by atoms with van der Waals surface area (Å²) in [4.78, 5) is 22.8. The highest BCUT2D eigenvalue weighted by Crippen LogP contribution is 2.49. The summed E-state index contributed by atoms with van der Waals surface area (Å²) < 4.78 is 35.1. The molecule has 1 aliphatic heterocycles. The van der Waals surface area contributed by atoms with Crippen molar-refractivity contribution in [2.45, 2.75) is 36.0 Å². The lowest BCUT2D eigenvalue weighted by molar-refractivity contribution is -0.118. The number of carbonyl (C=O) groups excluding carboxylic acids is 1. The van der Waals surface area contributed by atoms with Gasteiger partial charge in [-0.2, -0.15) is 4.98 Å². The first kappa shape index (κ1) is 25.9. The summed E-state index contributed by atoms with van der Waals surface area (Å²) in [6.45, 7) is 0.604. The molecule has 10 heteroatoms. The fraction of sp³-hybridized carbons (Fsp3) is 0.233. The van der Waals surface area contributed by atoms with Crippen LogP contribution in [0.25, 0.3) is 11.1 Å². The lowest BCUT2D eigenvalue weighted by Gasteiger charge is -2.16. The Labute approximate surface area is 232 Å². The van der Waals surface area contributed by atoms with Crippen LogP contribution in [0.5, 0.6) is 0 Å². The average molecular weight is 557 g/mol. The Morgan fingerprint density at radius 1 is 1.02 bits per heavy atom. The van der Waals surface area contributed by atoms with Crippen molar-refractivity contribution in [3.8, 4) is 11.1 Å². The highest BCUT2D eigenvalue weighted by molar-refractivity contribution is 7.92. The second-order valence-electron chi connectivity index (χ2n) is 10.2. The van der Waals surface area contributed by atoms with Gasteiger partial charge in [0.05, 0.1) is 15.1 Å². The standard InChI is InChI=1S/C30H29FN6O2S/c31-22-6-3-5-21(17-22)30(13-14-30)28(38)35-23-11-9-20(10-12-23)26-19-34-29-36-24-7-4-8-25(18-24)40(32,39)16-2-1-15-33-27(26)37-29/h3-12,17-19,32H,1-2,13-16H2,(H,35,38)(H2,33,34,36,37). The van der Waals surface area contributed by atoms with Gasteiger partial charge in [-0.3, -0.25) is 4.79 Å². The van der Waals surface area contributed by atoms with E-state index in [9.17, 15) is 13.4 Å². The van der Waals surface area contributed by atoms with Crippen LogP contribution in [0.4, 0.5) is 27.5 Å². The molecule has 1 saturated carbocycles. The van der Waals surface area contributed by atoms with Crippen molar-refractivity contribution in [2.24, 2.45) is 0 Å². The van der Waals surface area contributed by atoms with Crippen LogP contribution in [0.3, 0.4) is 0 Å². The number of benzene rings is 3. The van der Waals surface area contributed by atoms with Crippen LogP contribution in [0.15, 0.2) is 83.9 Å². The number of aromatic nitrogens is 2. The van der Waals surface area contributed by atoms with Crippen molar-refractivity contribution >= 4 is 38.8 Å². The molecule has 204 valence electrons. The van der Waals surface area contributed by atoms with E-state index in [-0.39, 0.29) is 11.7 Å². The van der Waals surface area contributed by atoms with Gasteiger partial charge < -0.3 is 16.0 Å². The summed E-state index contributed by atoms with van der Waals surface area (Å²) in [5.74, 6) is 0.854. The second-order valence-corrected chi connectivity index (χ2v) is 12.5. The lowest BCUT2D eigenvalue weighted by atomic mass is 9.94. The molecule has 1 unspecified atom stereocenters. The minimum Gasteiger partial charge on any atom is -0.369 e. The third-order valence-corrected chi connectivity index (χ3v) is 9.31. The van der Waals surface area contributed by atoms with Crippen LogP contribution in [0.2, 0.25) is 0 Å². The van der Waals surface area contributed by atoms with Gasteiger partial charge in [0.1, 0.15) is 11.6 Å². The van der Waals surface area contributed by atoms with E-state index in [0.29, 0.717) is 65.2 Å². The Bertz CT molecular complexity index is 1690. The molecule has 0 radical (unpaired) electrons. The van der Waals surface area contributed by atoms with E-state index in [2.05, 4.69) is 20.9 Å². The maximum absolute atomic E-state index is 13.8. The number of amides is 1. The van der Waals surface area contributed by atoms with Crippen LogP contribution in [0, 0.1) is 10.6 Å². The number of halogens is 1. The van der Waals surface area contributed by atoms with E-state index in [1.54, 1.807) is 36.5 Å². The molecule has 4 N–H and O–H groups in total. The van der Waals surface area contributed by atoms with E-state index in [1.807, 2.05) is 30.3 Å². The lowest BCUT2D eigenvalue weighted by Crippen LogP contribution is -2.27. The first-order chi connectivity index (χ1) is 19.3. The fourth-order valence-corrected chi connectivity index (χ4v) is 6.45. The third-order valence-electron chi connectivity index (χ3n) is 7.43. The quantitative estimate of drug-likeness (QED) is 0.234. The molecule has 8 nitrogen and oxygen atoms in total. The van der Waals surface area contributed by atoms with Gasteiger partial charge >= 0.3 is 0 Å². The second kappa shape index (κ2) is 10.3. The van der Waals surface area contributed by atoms with Gasteiger partial charge in [0.15, 0.2) is 0 Å². The van der Waals surface area contributed by atoms with E-state index in [0.717, 1.165) is 17.5 Å². The highest BCUT2D eigenvalue weighted by Gasteiger charge is 2.51. The van der Waals surface area contributed by atoms with Gasteiger partial charge in [-0.15, -0.1) is 0 Å². The molecule has 0 saturated heterocycles. The zero-order valence-corrected chi connectivity index (χ0v) is 22.6. The number of rotatable bonds is 4. The van der Waals surface area contributed by atoms with Gasteiger partial charge in [-0.1, -0.05) is 30.3 Å². The van der Waals surface area contributed by atoms with Gasteiger partial charge in [0.2, 0.25) is 11.9 Å². The van der Waals surface area contributed by atoms with Crippen molar-refractivity contribution in [1.82, 2.24) is 9.97 Å². The Kier molecular flexibility index (Phi) is 6.71. The van der Waals surface area contributed by atoms with E-state index in [1.165, 1.54) is 12.1 Å². The zero-order chi connectivity index (χ0) is 27.7. The predicted octanol–water partition coefficient (Wildman–Crippen LogP) is 6.31. The van der Waals surface area contributed by atoms with Gasteiger partial charge in [-0.05, 0) is 79.3 Å². The van der Waals surface area contributed by atoms with Crippen LogP contribution in [-0.2, 0) is 19.9 Å². The van der Waals surface area contributed by atoms with Crippen molar-refractivity contribution in [1.29, 1.82) is 4.78 Å². The van der Waals surface area contributed by atoms with E-state index in [4.69, 9.17) is 9.76 Å². The first-order valence-corrected chi connectivity index (χ1v) is 15.0. The summed E-state index contributed by atoms with van der Waals surface area (Å²) >= 11 is 0. The maximum Gasteiger partial charge on any atom is 0.235 e. The van der Waals surface area contributed by atoms with Crippen LogP contribution >= 0.6 is 0 Å². The fourth-order valence-electron chi connectivity index (χ4n) is 4.99. The molecule has 2 aliphatic rings. The van der Waals surface area contributed by atoms with E-state index < -0.39 is 15.1 Å². The SMILES string of the molecule is N=S1(=O)CCCCNc2nc(ncc2-c2ccc(NC(=O)C3(c4cccc(F)c4)CC3)cc2)Nc2cccc1c2. The van der Waals surface area contributed by atoms with Gasteiger partial charge in [0, 0.05) is 40.3 Å². The van der Waals surface area contributed by atoms with Crippen molar-refractivity contribution in [3.63, 3.8) is 0 Å². The first-order valence-electron chi connectivity index (χ1n) is 13.2. The molecule has 2 heterocycles. The highest BCUT2D eigenvalue weighted by atomic mass is 32.2. The molecule has 4 aromatic rings. The maximum atomic E-state index is 13.8. The molecule has 0 spiro atoms. The summed E-state index contributed by atoms with van der Waals surface area (Å²) in [6, 6.07) is 20.8. The topological polar surface area (TPSA) is 120 Å². The minimum absolute atomic E-state index is 0.134. The monoisotopic (exact) mass is 556 g/mol. The Morgan fingerprint density at radius 2 is 1.82 bits per heavy atom. The van der Waals surface area contributed by atoms with Crippen molar-refractivity contribution in [2.75, 3.05) is 28.2 Å². The number of nitrogens with one attached hydrogen (secondary N) is 4. The summed E-state index contributed by atoms with van der Waals surface area (Å²) in [7, 11) is -2.88. The van der Waals surface area contributed by atoms with Crippen LogP contribution < -0.4 is 16.0 Å². The number of nitrogens with zero attached hydrogens (tertiary/aromatic N) is 2. The molecular weight excluding hydrogens is 527 g/mol. The smallest absolute Gasteiger partial charge is 0.235 e. The van der Waals surface area contributed by atoms with Crippen LogP contribution in [-0.4, -0.2) is 32.4 Å². The largest absolute Gasteiger partial charge is 0.369 e. The van der Waals surface area contributed by atoms with Crippen LogP contribution in [0.1, 0.15) is 31.2 Å². The van der Waals surface area contributed by atoms with Crippen molar-refractivity contribution < 1.29 is 13.4 Å². The van der Waals surface area contributed by atoms with Gasteiger partial charge in [0.25, 0.3) is 0 Å². The summed E-state index contributed by atoms with van der Waals surface area (Å²) in [5.41, 5.74) is 3.02. The number of hydrogen-bond donors (Lipinski definition) is 4. The minimum atomic E-state index is -2.88. The molecule has 6 rings (SSSR count). The van der Waals surface area contributed by atoms with E-state index >= 15 is 0 Å². The molecule has 3 aromatic carbocycles. The zero-order valence-electron chi connectivity index (χ0n) is 21.7. The molecule has 1 aliphatic carbocycles. The Balaban J connectivity index is 1.23. The molecular formula is C30H29FN6O2S. The summed E-state index contributed by atoms with van der Waals surface area (Å²) in [6.07, 6.45) is 4.50. The Hall–Kier alpha value is -4.31. The number of anilines is 4. The average Bonchev–Trinajstić information content (AvgIpc) is 3.76. The summed E-state index contributed by atoms with van der Waals surface area (Å²) in [5, 5.41) is 9.54. The number of fused-ring (bicyclic) bond motifs is 4. The third kappa shape index (κ3) is 5.27. The number of carbonyl (C=O) groups is 1. The van der Waals surface area contributed by atoms with Gasteiger partial charge in [-0.25, -0.2) is 18.4 Å². The van der Waals surface area contributed by atoms with Crippen molar-refractivity contribution in [3.05, 3.63) is 90.4 Å². The molecule has 40 heavy (non-hydrogen) atoms. The molecule has 1 atom stereocenters. The molecule has 1 aromatic heterocycles. The Morgan fingerprint density at radius 3 is 2.60 bits per heavy atom. The molecule has 1 fully saturated rings. The normalized spacial score (nSPS) is 19.5. The number of hydrogen-bond acceptors (Lipinski definition) is 7. The molecule has 1 amide bonds. The predicted molar refractivity (Wildman–Crippen MR) is 155 cm³/mol.